The van der Waals surface area contributed by atoms with Crippen molar-refractivity contribution in [3.63, 3.8) is 0 Å². The number of ether oxygens (including phenoxy) is 1. The highest BCUT2D eigenvalue weighted by Gasteiger charge is 2.07. The number of benzene rings is 2. The van der Waals surface area contributed by atoms with Crippen LogP contribution in [0.1, 0.15) is 16.8 Å². The molecule has 3 rings (SSSR count). The van der Waals surface area contributed by atoms with E-state index >= 15 is 0 Å². The molecule has 0 bridgehead atoms. The number of para-hydroxylation sites is 1. The monoisotopic (exact) mass is 395 g/mol. The van der Waals surface area contributed by atoms with Crippen LogP contribution >= 0.6 is 11.8 Å². The summed E-state index contributed by atoms with van der Waals surface area (Å²) in [7, 11) is 0. The van der Waals surface area contributed by atoms with E-state index in [1.165, 1.54) is 23.4 Å². The molecule has 1 heterocycles. The molecule has 6 nitrogen and oxygen atoms in total. The number of H-pyrrole nitrogens is 1. The van der Waals surface area contributed by atoms with E-state index in [-0.39, 0.29) is 23.8 Å². The van der Waals surface area contributed by atoms with Crippen molar-refractivity contribution in [3.8, 4) is 5.75 Å². The van der Waals surface area contributed by atoms with E-state index in [1.54, 1.807) is 0 Å². The summed E-state index contributed by atoms with van der Waals surface area (Å²) in [4.78, 5) is 30.9. The maximum atomic E-state index is 12.1. The SMILES string of the molecule is Cc1ccc(CNC(=O)CSc2nc(COc3ccccc3)cc(=O)[nH]2)cc1. The van der Waals surface area contributed by atoms with Gasteiger partial charge in [0.15, 0.2) is 5.16 Å². The van der Waals surface area contributed by atoms with Gasteiger partial charge in [-0.25, -0.2) is 4.98 Å². The lowest BCUT2D eigenvalue weighted by Gasteiger charge is -2.07. The summed E-state index contributed by atoms with van der Waals surface area (Å²) < 4.78 is 5.62. The van der Waals surface area contributed by atoms with Gasteiger partial charge in [0.05, 0.1) is 11.4 Å². The van der Waals surface area contributed by atoms with Crippen molar-refractivity contribution >= 4 is 17.7 Å². The zero-order chi connectivity index (χ0) is 19.8. The lowest BCUT2D eigenvalue weighted by atomic mass is 10.1. The Morgan fingerprint density at radius 2 is 1.89 bits per heavy atom. The number of nitrogens with one attached hydrogen (secondary N) is 2. The average Bonchev–Trinajstić information content (AvgIpc) is 2.71. The van der Waals surface area contributed by atoms with Crippen LogP contribution in [0.4, 0.5) is 0 Å². The summed E-state index contributed by atoms with van der Waals surface area (Å²) in [6, 6.07) is 18.7. The van der Waals surface area contributed by atoms with E-state index in [1.807, 2.05) is 61.5 Å². The van der Waals surface area contributed by atoms with Crippen LogP contribution in [0.3, 0.4) is 0 Å². The minimum atomic E-state index is -0.274. The van der Waals surface area contributed by atoms with Gasteiger partial charge >= 0.3 is 0 Å². The molecular weight excluding hydrogens is 374 g/mol. The molecule has 0 spiro atoms. The molecule has 0 aliphatic carbocycles. The first kappa shape index (κ1) is 19.7. The topological polar surface area (TPSA) is 84.1 Å². The van der Waals surface area contributed by atoms with Crippen molar-refractivity contribution in [1.29, 1.82) is 0 Å². The number of amides is 1. The van der Waals surface area contributed by atoms with E-state index in [4.69, 9.17) is 4.74 Å². The molecule has 0 aliphatic rings. The predicted molar refractivity (Wildman–Crippen MR) is 109 cm³/mol. The minimum absolute atomic E-state index is 0.126. The Labute approximate surface area is 167 Å². The summed E-state index contributed by atoms with van der Waals surface area (Å²) in [5, 5.41) is 3.25. The van der Waals surface area contributed by atoms with Gasteiger partial charge in [-0.15, -0.1) is 0 Å². The summed E-state index contributed by atoms with van der Waals surface area (Å²) >= 11 is 1.18. The maximum Gasteiger partial charge on any atom is 0.251 e. The molecule has 2 N–H and O–H groups in total. The van der Waals surface area contributed by atoms with Gasteiger partial charge < -0.3 is 15.0 Å². The summed E-state index contributed by atoms with van der Waals surface area (Å²) in [6.07, 6.45) is 0. The number of aryl methyl sites for hydroxylation is 1. The van der Waals surface area contributed by atoms with Crippen LogP contribution in [0, 0.1) is 6.92 Å². The standard InChI is InChI=1S/C21H21N3O3S/c1-15-7-9-16(10-8-15)12-22-20(26)14-28-21-23-17(11-19(25)24-21)13-27-18-5-3-2-4-6-18/h2-11H,12-14H2,1H3,(H,22,26)(H,23,24,25). The highest BCUT2D eigenvalue weighted by molar-refractivity contribution is 7.99. The van der Waals surface area contributed by atoms with E-state index in [0.29, 0.717) is 23.1 Å². The number of thioether (sulfide) groups is 1. The van der Waals surface area contributed by atoms with E-state index in [9.17, 15) is 9.59 Å². The Balaban J connectivity index is 1.50. The molecule has 3 aromatic rings. The van der Waals surface area contributed by atoms with Crippen LogP contribution in [-0.4, -0.2) is 21.6 Å². The van der Waals surface area contributed by atoms with Gasteiger partial charge in [-0.3, -0.25) is 9.59 Å². The number of aromatic nitrogens is 2. The minimum Gasteiger partial charge on any atom is -0.487 e. The molecule has 0 radical (unpaired) electrons. The van der Waals surface area contributed by atoms with E-state index < -0.39 is 0 Å². The summed E-state index contributed by atoms with van der Waals surface area (Å²) in [6.45, 7) is 2.67. The second kappa shape index (κ2) is 9.75. The third kappa shape index (κ3) is 6.28. The Morgan fingerprint density at radius 3 is 2.64 bits per heavy atom. The zero-order valence-corrected chi connectivity index (χ0v) is 16.3. The average molecular weight is 395 g/mol. The van der Waals surface area contributed by atoms with Gasteiger partial charge in [-0.1, -0.05) is 59.8 Å². The number of carbonyl (C=O) groups excluding carboxylic acids is 1. The Morgan fingerprint density at radius 1 is 1.14 bits per heavy atom. The fourth-order valence-electron chi connectivity index (χ4n) is 2.39. The molecule has 144 valence electrons. The third-order valence-electron chi connectivity index (χ3n) is 3.85. The molecular formula is C21H21N3O3S. The van der Waals surface area contributed by atoms with Gasteiger partial charge in [0.1, 0.15) is 12.4 Å². The molecule has 28 heavy (non-hydrogen) atoms. The van der Waals surface area contributed by atoms with Crippen molar-refractivity contribution in [2.24, 2.45) is 0 Å². The molecule has 1 amide bonds. The van der Waals surface area contributed by atoms with Gasteiger partial charge in [0.25, 0.3) is 5.56 Å². The zero-order valence-electron chi connectivity index (χ0n) is 15.5. The molecule has 0 saturated heterocycles. The number of aromatic amines is 1. The Bertz CT molecular complexity index is 972. The van der Waals surface area contributed by atoms with Crippen LogP contribution in [0.25, 0.3) is 0 Å². The van der Waals surface area contributed by atoms with Gasteiger partial charge in [0, 0.05) is 12.6 Å². The first-order valence-corrected chi connectivity index (χ1v) is 9.80. The lowest BCUT2D eigenvalue weighted by molar-refractivity contribution is -0.118. The van der Waals surface area contributed by atoms with Gasteiger partial charge in [-0.05, 0) is 24.6 Å². The molecule has 1 aromatic heterocycles. The number of hydrogen-bond acceptors (Lipinski definition) is 5. The predicted octanol–water partition coefficient (Wildman–Crippen LogP) is 3.07. The smallest absolute Gasteiger partial charge is 0.251 e. The van der Waals surface area contributed by atoms with Crippen LogP contribution in [-0.2, 0) is 17.9 Å². The maximum absolute atomic E-state index is 12.1. The first-order chi connectivity index (χ1) is 13.6. The molecule has 0 unspecified atom stereocenters. The quantitative estimate of drug-likeness (QED) is 0.452. The third-order valence-corrected chi connectivity index (χ3v) is 4.73. The number of nitrogens with zero attached hydrogens (tertiary/aromatic N) is 1. The van der Waals surface area contributed by atoms with E-state index in [2.05, 4.69) is 15.3 Å². The second-order valence-corrected chi connectivity index (χ2v) is 7.16. The highest BCUT2D eigenvalue weighted by Crippen LogP contribution is 2.13. The van der Waals surface area contributed by atoms with Crippen molar-refractivity contribution in [3.05, 3.63) is 87.8 Å². The van der Waals surface area contributed by atoms with Crippen LogP contribution in [0.5, 0.6) is 5.75 Å². The fourth-order valence-corrected chi connectivity index (χ4v) is 3.12. The van der Waals surface area contributed by atoms with Crippen LogP contribution in [0.2, 0.25) is 0 Å². The Hall–Kier alpha value is -3.06. The molecule has 0 aliphatic heterocycles. The molecule has 0 atom stereocenters. The lowest BCUT2D eigenvalue weighted by Crippen LogP contribution is -2.25. The summed E-state index contributed by atoms with van der Waals surface area (Å²) in [5.74, 6) is 0.742. The molecule has 0 saturated carbocycles. The largest absolute Gasteiger partial charge is 0.487 e. The number of carbonyl (C=O) groups is 1. The normalized spacial score (nSPS) is 10.5. The van der Waals surface area contributed by atoms with Crippen LogP contribution in [0.15, 0.2) is 70.6 Å². The number of hydrogen-bond donors (Lipinski definition) is 2. The molecule has 2 aromatic carbocycles. The van der Waals surface area contributed by atoms with Crippen molar-refractivity contribution < 1.29 is 9.53 Å². The van der Waals surface area contributed by atoms with E-state index in [0.717, 1.165) is 5.56 Å². The Kier molecular flexibility index (Phi) is 6.86. The van der Waals surface area contributed by atoms with Crippen molar-refractivity contribution in [1.82, 2.24) is 15.3 Å². The van der Waals surface area contributed by atoms with Gasteiger partial charge in [0.2, 0.25) is 5.91 Å². The fraction of sp³-hybridized carbons (Fsp3) is 0.190. The summed E-state index contributed by atoms with van der Waals surface area (Å²) in [5.41, 5.74) is 2.45. The number of rotatable bonds is 8. The van der Waals surface area contributed by atoms with Crippen LogP contribution < -0.4 is 15.6 Å². The van der Waals surface area contributed by atoms with Gasteiger partial charge in [-0.2, -0.15) is 0 Å². The molecule has 7 heteroatoms. The van der Waals surface area contributed by atoms with Crippen molar-refractivity contribution in [2.45, 2.75) is 25.2 Å². The second-order valence-electron chi connectivity index (χ2n) is 6.19. The molecule has 0 fully saturated rings. The highest BCUT2D eigenvalue weighted by atomic mass is 32.2. The first-order valence-electron chi connectivity index (χ1n) is 8.81. The van der Waals surface area contributed by atoms with Crippen molar-refractivity contribution in [2.75, 3.05) is 5.75 Å².